The van der Waals surface area contributed by atoms with Crippen LogP contribution < -0.4 is 5.32 Å². The van der Waals surface area contributed by atoms with E-state index in [4.69, 9.17) is 0 Å². The van der Waals surface area contributed by atoms with Gasteiger partial charge in [0.05, 0.1) is 6.20 Å². The van der Waals surface area contributed by atoms with Crippen molar-refractivity contribution in [3.05, 3.63) is 96.2 Å². The van der Waals surface area contributed by atoms with Crippen molar-refractivity contribution in [2.24, 2.45) is 0 Å². The number of halogens is 1. The van der Waals surface area contributed by atoms with E-state index in [0.29, 0.717) is 11.4 Å². The third-order valence-electron chi connectivity index (χ3n) is 4.31. The van der Waals surface area contributed by atoms with Gasteiger partial charge in [0, 0.05) is 18.1 Å². The molecule has 2 aromatic carbocycles. The highest BCUT2D eigenvalue weighted by Crippen LogP contribution is 2.23. The SMILES string of the molecule is Cc1ccccc1NC(=O)c1cnn(-c2ccccc2F)c1-n1cccc1. The largest absolute Gasteiger partial charge is 0.322 e. The van der Waals surface area contributed by atoms with Gasteiger partial charge < -0.3 is 9.88 Å². The van der Waals surface area contributed by atoms with Crippen LogP contribution in [-0.4, -0.2) is 20.3 Å². The van der Waals surface area contributed by atoms with Gasteiger partial charge in [-0.15, -0.1) is 0 Å². The first-order valence-electron chi connectivity index (χ1n) is 8.48. The molecule has 4 aromatic rings. The van der Waals surface area contributed by atoms with E-state index in [2.05, 4.69) is 10.4 Å². The summed E-state index contributed by atoms with van der Waals surface area (Å²) in [6, 6.07) is 17.5. The van der Waals surface area contributed by atoms with Gasteiger partial charge in [0.25, 0.3) is 5.91 Å². The molecule has 0 fully saturated rings. The molecule has 1 N–H and O–H groups in total. The third kappa shape index (κ3) is 3.13. The Morgan fingerprint density at radius 3 is 2.44 bits per heavy atom. The third-order valence-corrected chi connectivity index (χ3v) is 4.31. The summed E-state index contributed by atoms with van der Waals surface area (Å²) in [7, 11) is 0. The zero-order chi connectivity index (χ0) is 18.8. The van der Waals surface area contributed by atoms with Crippen LogP contribution in [0.2, 0.25) is 0 Å². The summed E-state index contributed by atoms with van der Waals surface area (Å²) in [6.45, 7) is 1.92. The number of benzene rings is 2. The molecule has 0 aliphatic carbocycles. The maximum Gasteiger partial charge on any atom is 0.261 e. The normalized spacial score (nSPS) is 10.7. The zero-order valence-corrected chi connectivity index (χ0v) is 14.6. The van der Waals surface area contributed by atoms with Gasteiger partial charge in [-0.1, -0.05) is 30.3 Å². The fourth-order valence-corrected chi connectivity index (χ4v) is 2.93. The minimum absolute atomic E-state index is 0.274. The Morgan fingerprint density at radius 2 is 1.70 bits per heavy atom. The van der Waals surface area contributed by atoms with E-state index >= 15 is 0 Å². The van der Waals surface area contributed by atoms with Crippen molar-refractivity contribution < 1.29 is 9.18 Å². The van der Waals surface area contributed by atoms with Crippen LogP contribution in [0.25, 0.3) is 11.5 Å². The molecule has 0 bridgehead atoms. The standard InChI is InChI=1S/C21H17FN4O/c1-15-8-2-4-10-18(15)24-20(27)16-14-23-26(19-11-5-3-9-17(19)22)21(16)25-12-6-7-13-25/h2-14H,1H3,(H,24,27). The maximum absolute atomic E-state index is 14.3. The van der Waals surface area contributed by atoms with E-state index < -0.39 is 5.82 Å². The molecule has 27 heavy (non-hydrogen) atoms. The lowest BCUT2D eigenvalue weighted by Crippen LogP contribution is -2.16. The molecular formula is C21H17FN4O. The Kier molecular flexibility index (Phi) is 4.30. The number of amides is 1. The first-order chi connectivity index (χ1) is 13.1. The Bertz CT molecular complexity index is 1100. The van der Waals surface area contributed by atoms with E-state index in [-0.39, 0.29) is 11.6 Å². The van der Waals surface area contributed by atoms with Crippen LogP contribution in [0.3, 0.4) is 0 Å². The highest BCUT2D eigenvalue weighted by molar-refractivity contribution is 6.06. The summed E-state index contributed by atoms with van der Waals surface area (Å²) in [5.74, 6) is -0.258. The van der Waals surface area contributed by atoms with Gasteiger partial charge in [-0.05, 0) is 42.8 Å². The van der Waals surface area contributed by atoms with E-state index in [1.807, 2.05) is 43.3 Å². The Labute approximate surface area is 155 Å². The highest BCUT2D eigenvalue weighted by Gasteiger charge is 2.21. The number of nitrogens with zero attached hydrogens (tertiary/aromatic N) is 3. The molecule has 1 amide bonds. The zero-order valence-electron chi connectivity index (χ0n) is 14.6. The van der Waals surface area contributed by atoms with Crippen LogP contribution in [0.5, 0.6) is 0 Å². The van der Waals surface area contributed by atoms with Crippen molar-refractivity contribution in [2.45, 2.75) is 6.92 Å². The molecular weight excluding hydrogens is 343 g/mol. The molecule has 0 radical (unpaired) electrons. The fourth-order valence-electron chi connectivity index (χ4n) is 2.93. The number of rotatable bonds is 4. The van der Waals surface area contributed by atoms with Crippen molar-refractivity contribution in [2.75, 3.05) is 5.32 Å². The van der Waals surface area contributed by atoms with Crippen molar-refractivity contribution in [1.29, 1.82) is 0 Å². The second-order valence-electron chi connectivity index (χ2n) is 6.10. The monoisotopic (exact) mass is 360 g/mol. The van der Waals surface area contributed by atoms with Crippen LogP contribution in [0.15, 0.2) is 79.3 Å². The van der Waals surface area contributed by atoms with E-state index in [9.17, 15) is 9.18 Å². The van der Waals surface area contributed by atoms with Crippen LogP contribution in [-0.2, 0) is 0 Å². The van der Waals surface area contributed by atoms with E-state index in [0.717, 1.165) is 11.3 Å². The summed E-state index contributed by atoms with van der Waals surface area (Å²) >= 11 is 0. The minimum atomic E-state index is -0.417. The number of anilines is 1. The predicted molar refractivity (Wildman–Crippen MR) is 102 cm³/mol. The second-order valence-corrected chi connectivity index (χ2v) is 6.10. The molecule has 6 heteroatoms. The summed E-state index contributed by atoms with van der Waals surface area (Å²) in [5.41, 5.74) is 2.29. The van der Waals surface area contributed by atoms with Gasteiger partial charge in [0.15, 0.2) is 5.82 Å². The average Bonchev–Trinajstić information content (AvgIpc) is 3.33. The van der Waals surface area contributed by atoms with Crippen LogP contribution in [0, 0.1) is 12.7 Å². The molecule has 0 aliphatic rings. The van der Waals surface area contributed by atoms with Crippen molar-refractivity contribution >= 4 is 11.6 Å². The van der Waals surface area contributed by atoms with Gasteiger partial charge in [0.2, 0.25) is 0 Å². The van der Waals surface area contributed by atoms with Gasteiger partial charge >= 0.3 is 0 Å². The first kappa shape index (κ1) is 16.8. The molecule has 0 atom stereocenters. The molecule has 0 unspecified atom stereocenters. The second kappa shape index (κ2) is 6.92. The van der Waals surface area contributed by atoms with Gasteiger partial charge in [0.1, 0.15) is 17.1 Å². The molecule has 0 saturated carbocycles. The first-order valence-corrected chi connectivity index (χ1v) is 8.48. The quantitative estimate of drug-likeness (QED) is 0.588. The highest BCUT2D eigenvalue weighted by atomic mass is 19.1. The lowest BCUT2D eigenvalue weighted by Gasteiger charge is -2.12. The number of aromatic nitrogens is 3. The predicted octanol–water partition coefficient (Wildman–Crippen LogP) is 4.36. The number of carbonyl (C=O) groups excluding carboxylic acids is 1. The molecule has 134 valence electrons. The number of aryl methyl sites for hydroxylation is 1. The van der Waals surface area contributed by atoms with Crippen molar-refractivity contribution in [1.82, 2.24) is 14.3 Å². The van der Waals surface area contributed by atoms with Crippen molar-refractivity contribution in [3.8, 4) is 11.5 Å². The molecule has 0 saturated heterocycles. The van der Waals surface area contributed by atoms with E-state index in [1.54, 1.807) is 35.2 Å². The Morgan fingerprint density at radius 1 is 1.00 bits per heavy atom. The number of hydrogen-bond acceptors (Lipinski definition) is 2. The van der Waals surface area contributed by atoms with Crippen molar-refractivity contribution in [3.63, 3.8) is 0 Å². The smallest absolute Gasteiger partial charge is 0.261 e. The average molecular weight is 360 g/mol. The lowest BCUT2D eigenvalue weighted by atomic mass is 10.2. The maximum atomic E-state index is 14.3. The van der Waals surface area contributed by atoms with Crippen LogP contribution in [0.1, 0.15) is 15.9 Å². The van der Waals surface area contributed by atoms with Gasteiger partial charge in [-0.3, -0.25) is 4.79 Å². The summed E-state index contributed by atoms with van der Waals surface area (Å²) < 4.78 is 17.5. The number of carbonyl (C=O) groups is 1. The summed E-state index contributed by atoms with van der Waals surface area (Å²) in [4.78, 5) is 12.9. The number of hydrogen-bond donors (Lipinski definition) is 1. The lowest BCUT2D eigenvalue weighted by molar-refractivity contribution is 0.102. The Balaban J connectivity index is 1.81. The van der Waals surface area contributed by atoms with Gasteiger partial charge in [-0.25, -0.2) is 9.07 Å². The molecule has 4 rings (SSSR count). The Hall–Kier alpha value is -3.67. The molecule has 2 heterocycles. The summed E-state index contributed by atoms with van der Waals surface area (Å²) in [6.07, 6.45) is 5.03. The number of para-hydroxylation sites is 2. The summed E-state index contributed by atoms with van der Waals surface area (Å²) in [5, 5.41) is 7.19. The topological polar surface area (TPSA) is 51.9 Å². The molecule has 2 aromatic heterocycles. The van der Waals surface area contributed by atoms with Gasteiger partial charge in [-0.2, -0.15) is 5.10 Å². The fraction of sp³-hybridized carbons (Fsp3) is 0.0476. The minimum Gasteiger partial charge on any atom is -0.322 e. The molecule has 0 spiro atoms. The van der Waals surface area contributed by atoms with E-state index in [1.165, 1.54) is 16.9 Å². The van der Waals surface area contributed by atoms with Crippen LogP contribution >= 0.6 is 0 Å². The number of nitrogens with one attached hydrogen (secondary N) is 1. The molecule has 0 aliphatic heterocycles. The molecule has 5 nitrogen and oxygen atoms in total. The van der Waals surface area contributed by atoms with Crippen LogP contribution in [0.4, 0.5) is 10.1 Å².